The normalized spacial score (nSPS) is 1.50. The molecule has 0 bridgehead atoms. The molecule has 0 saturated carbocycles. The molecule has 0 aromatic rings. The third-order valence-electron chi connectivity index (χ3n) is 0. The van der Waals surface area contributed by atoms with Gasteiger partial charge in [-0.15, -0.1) is 0 Å². The molecule has 0 spiro atoms. The third kappa shape index (κ3) is 35.0. The molecule has 2 nitrogen and oxygen atoms in total. The fourth-order valence-electron chi connectivity index (χ4n) is 0. The van der Waals surface area contributed by atoms with Crippen molar-refractivity contribution in [3.05, 3.63) is 0 Å². The molecular weight excluding hydrogens is 75.0 g/mol. The maximum atomic E-state index is 7.00. The Kier molecular flexibility index (Phi) is 1010. The summed E-state index contributed by atoms with van der Waals surface area (Å²) in [6, 6.07) is 0. The summed E-state index contributed by atoms with van der Waals surface area (Å²) in [7, 11) is 1.00. The zero-order valence-electron chi connectivity index (χ0n) is 2.65. The van der Waals surface area contributed by atoms with Crippen LogP contribution in [0.5, 0.6) is 0 Å². The molecular formula is CH9O2P. The predicted molar refractivity (Wildman–Crippen MR) is 22.9 cm³/mol. The van der Waals surface area contributed by atoms with Gasteiger partial charge in [-0.2, -0.15) is 9.90 Å². The van der Waals surface area contributed by atoms with E-state index >= 15 is 0 Å². The maximum absolute atomic E-state index is 7.00. The second kappa shape index (κ2) is 151. The molecule has 0 rings (SSSR count). The standard InChI is InChI=1S/CH4O.H2O.H3P/c1-2;;/h2H,1H3;1H2;1H3. The Labute approximate surface area is 28.8 Å². The quantitative estimate of drug-likeness (QED) is 0.370. The second-order valence-corrected chi connectivity index (χ2v) is 0. The van der Waals surface area contributed by atoms with E-state index in [0.29, 0.717) is 0 Å². The molecule has 0 aromatic heterocycles. The van der Waals surface area contributed by atoms with Crippen LogP contribution in [-0.2, 0) is 0 Å². The molecule has 3 heteroatoms. The van der Waals surface area contributed by atoms with E-state index in [0.717, 1.165) is 7.11 Å². The molecule has 0 radical (unpaired) electrons. The van der Waals surface area contributed by atoms with Crippen LogP contribution < -0.4 is 0 Å². The number of aliphatic hydroxyl groups excluding tert-OH is 1. The van der Waals surface area contributed by atoms with Gasteiger partial charge in [-0.25, -0.2) is 0 Å². The molecule has 0 aliphatic heterocycles. The zero-order chi connectivity index (χ0) is 2.00. The van der Waals surface area contributed by atoms with Crippen molar-refractivity contribution in [1.82, 2.24) is 0 Å². The van der Waals surface area contributed by atoms with Crippen LogP contribution in [0.15, 0.2) is 0 Å². The van der Waals surface area contributed by atoms with Crippen LogP contribution in [0.1, 0.15) is 0 Å². The van der Waals surface area contributed by atoms with Crippen molar-refractivity contribution in [2.45, 2.75) is 0 Å². The summed E-state index contributed by atoms with van der Waals surface area (Å²) in [4.78, 5) is 0. The lowest BCUT2D eigenvalue weighted by atomic mass is 11.8. The lowest BCUT2D eigenvalue weighted by Gasteiger charge is -1.21. The highest BCUT2D eigenvalue weighted by molar-refractivity contribution is 6.92. The van der Waals surface area contributed by atoms with Gasteiger partial charge in [0.05, 0.1) is 0 Å². The summed E-state index contributed by atoms with van der Waals surface area (Å²) < 4.78 is 0. The fraction of sp³-hybridized carbons (Fsp3) is 1.00. The molecule has 4 heavy (non-hydrogen) atoms. The van der Waals surface area contributed by atoms with Crippen LogP contribution in [0.3, 0.4) is 0 Å². The molecule has 1 unspecified atom stereocenters. The Bertz CT molecular complexity index is 6.00. The van der Waals surface area contributed by atoms with E-state index in [1.165, 1.54) is 0 Å². The second-order valence-electron chi connectivity index (χ2n) is 0. The first-order valence-corrected chi connectivity index (χ1v) is 0.447. The van der Waals surface area contributed by atoms with E-state index in [4.69, 9.17) is 5.11 Å². The average molecular weight is 84.1 g/mol. The molecule has 30 valence electrons. The largest absolute Gasteiger partial charge is 0.412 e. The lowest BCUT2D eigenvalue weighted by molar-refractivity contribution is 0.399. The van der Waals surface area contributed by atoms with Gasteiger partial charge in [0.2, 0.25) is 0 Å². The van der Waals surface area contributed by atoms with Gasteiger partial charge in [-0.3, -0.25) is 0 Å². The lowest BCUT2D eigenvalue weighted by Crippen LogP contribution is -1.25. The molecule has 1 atom stereocenters. The van der Waals surface area contributed by atoms with Gasteiger partial charge in [-0.1, -0.05) is 0 Å². The van der Waals surface area contributed by atoms with Gasteiger partial charge in [-0.05, 0) is 0 Å². The van der Waals surface area contributed by atoms with E-state index in [1.54, 1.807) is 0 Å². The van der Waals surface area contributed by atoms with Gasteiger partial charge >= 0.3 is 0 Å². The number of rotatable bonds is 0. The summed E-state index contributed by atoms with van der Waals surface area (Å²) in [5, 5.41) is 7.00. The van der Waals surface area contributed by atoms with Crippen molar-refractivity contribution in [3.63, 3.8) is 0 Å². The number of hydrogen-bond acceptors (Lipinski definition) is 1. The summed E-state index contributed by atoms with van der Waals surface area (Å²) in [5.41, 5.74) is 0. The summed E-state index contributed by atoms with van der Waals surface area (Å²) in [6.45, 7) is 0. The van der Waals surface area contributed by atoms with E-state index in [1.807, 2.05) is 0 Å². The van der Waals surface area contributed by atoms with Crippen LogP contribution in [0, 0.1) is 0 Å². The van der Waals surface area contributed by atoms with E-state index in [9.17, 15) is 0 Å². The first-order valence-electron chi connectivity index (χ1n) is 0.447. The highest BCUT2D eigenvalue weighted by Crippen LogP contribution is 0.861. The van der Waals surface area contributed by atoms with Gasteiger partial charge in [0, 0.05) is 7.11 Å². The molecule has 0 heterocycles. The molecule has 0 aliphatic carbocycles. The predicted octanol–water partition coefficient (Wildman–Crippen LogP) is -1.16. The summed E-state index contributed by atoms with van der Waals surface area (Å²) in [6.07, 6.45) is 0. The third-order valence-corrected chi connectivity index (χ3v) is 0. The molecule has 3 N–H and O–H groups in total. The number of aliphatic hydroxyl groups is 1. The Morgan fingerprint density at radius 2 is 1.25 bits per heavy atom. The van der Waals surface area contributed by atoms with Crippen molar-refractivity contribution in [2.24, 2.45) is 0 Å². The highest BCUT2D eigenvalue weighted by Gasteiger charge is 0.839. The van der Waals surface area contributed by atoms with Crippen molar-refractivity contribution < 1.29 is 10.6 Å². The first-order chi connectivity index (χ1) is 1.00. The highest BCUT2D eigenvalue weighted by atomic mass is 31.0. The molecule has 0 aromatic carbocycles. The first kappa shape index (κ1) is 26.8. The molecule has 0 amide bonds. The van der Waals surface area contributed by atoms with Gasteiger partial charge < -0.3 is 10.6 Å². The number of hydrogen-bond donors (Lipinski definition) is 1. The molecule has 0 fully saturated rings. The van der Waals surface area contributed by atoms with Crippen LogP contribution in [0.25, 0.3) is 0 Å². The SMILES string of the molecule is CO.O.P. The molecule has 0 saturated heterocycles. The Balaban J connectivity index is -0.00000000500. The zero-order valence-corrected chi connectivity index (χ0v) is 4.07. The van der Waals surface area contributed by atoms with Crippen LogP contribution in [0.2, 0.25) is 0 Å². The topological polar surface area (TPSA) is 51.7 Å². The minimum absolute atomic E-state index is 0. The Morgan fingerprint density at radius 3 is 1.25 bits per heavy atom. The van der Waals surface area contributed by atoms with Gasteiger partial charge in [0.1, 0.15) is 0 Å². The van der Waals surface area contributed by atoms with Crippen molar-refractivity contribution in [2.75, 3.05) is 7.11 Å². The summed E-state index contributed by atoms with van der Waals surface area (Å²) >= 11 is 0. The van der Waals surface area contributed by atoms with E-state index in [2.05, 4.69) is 0 Å². The minimum Gasteiger partial charge on any atom is -0.412 e. The van der Waals surface area contributed by atoms with Gasteiger partial charge in [0.25, 0.3) is 0 Å². The van der Waals surface area contributed by atoms with Crippen LogP contribution >= 0.6 is 9.90 Å². The van der Waals surface area contributed by atoms with Crippen molar-refractivity contribution in [3.8, 4) is 0 Å². The van der Waals surface area contributed by atoms with Gasteiger partial charge in [0.15, 0.2) is 0 Å². The van der Waals surface area contributed by atoms with Crippen molar-refractivity contribution in [1.29, 1.82) is 0 Å². The maximum Gasteiger partial charge on any atom is 0.0319 e. The average Bonchev–Trinajstić information content (AvgIpc) is 1.00. The van der Waals surface area contributed by atoms with E-state index < -0.39 is 0 Å². The van der Waals surface area contributed by atoms with Crippen LogP contribution in [-0.4, -0.2) is 17.7 Å². The van der Waals surface area contributed by atoms with Crippen molar-refractivity contribution >= 4 is 9.90 Å². The minimum atomic E-state index is 0. The Morgan fingerprint density at radius 1 is 1.25 bits per heavy atom. The molecule has 0 aliphatic rings. The van der Waals surface area contributed by atoms with E-state index in [-0.39, 0.29) is 15.4 Å². The summed E-state index contributed by atoms with van der Waals surface area (Å²) in [5.74, 6) is 0. The monoisotopic (exact) mass is 84.0 g/mol. The fourth-order valence-corrected chi connectivity index (χ4v) is 0. The smallest absolute Gasteiger partial charge is 0.0319 e. The Hall–Kier alpha value is 0.350. The van der Waals surface area contributed by atoms with Crippen LogP contribution in [0.4, 0.5) is 0 Å².